The highest BCUT2D eigenvalue weighted by Crippen LogP contribution is 2.67. The average molecular weight is 373 g/mol. The van der Waals surface area contributed by atoms with Crippen LogP contribution in [0.25, 0.3) is 0 Å². The monoisotopic (exact) mass is 372 g/mol. The summed E-state index contributed by atoms with van der Waals surface area (Å²) in [5.74, 6) is 1.65. The molecular weight excluding hydrogens is 340 g/mol. The first kappa shape index (κ1) is 18.9. The highest BCUT2D eigenvalue weighted by Gasteiger charge is 2.64. The topological polar surface area (TPSA) is 60.4 Å². The number of Topliss-reactive ketones (excluding diaryl/α,β-unsaturated/α-hetero) is 1. The molecule has 0 aromatic rings. The molecule has 0 aromatic carbocycles. The second kappa shape index (κ2) is 6.28. The van der Waals surface area contributed by atoms with Gasteiger partial charge in [-0.25, -0.2) is 0 Å². The molecule has 3 saturated carbocycles. The van der Waals surface area contributed by atoms with Gasteiger partial charge in [0.2, 0.25) is 0 Å². The van der Waals surface area contributed by atoms with Crippen molar-refractivity contribution >= 4 is 17.5 Å². The lowest BCUT2D eigenvalue weighted by Gasteiger charge is -2.60. The predicted molar refractivity (Wildman–Crippen MR) is 102 cm³/mol. The van der Waals surface area contributed by atoms with Crippen LogP contribution < -0.4 is 0 Å². The van der Waals surface area contributed by atoms with E-state index in [9.17, 15) is 14.4 Å². The normalized spacial score (nSPS) is 46.0. The van der Waals surface area contributed by atoms with Crippen LogP contribution in [0.5, 0.6) is 0 Å². The van der Waals surface area contributed by atoms with Crippen molar-refractivity contribution in [2.75, 3.05) is 0 Å². The van der Waals surface area contributed by atoms with Gasteiger partial charge in [-0.15, -0.1) is 0 Å². The summed E-state index contributed by atoms with van der Waals surface area (Å²) in [5, 5.41) is 0. The number of hydrogen-bond donors (Lipinski definition) is 0. The fraction of sp³-hybridized carbons (Fsp3) is 0.783. The third-order valence-corrected chi connectivity index (χ3v) is 8.84. The van der Waals surface area contributed by atoms with Gasteiger partial charge in [-0.3, -0.25) is 14.4 Å². The number of fused-ring (bicyclic) bond motifs is 5. The van der Waals surface area contributed by atoms with E-state index in [0.29, 0.717) is 24.2 Å². The molecule has 4 nitrogen and oxygen atoms in total. The summed E-state index contributed by atoms with van der Waals surface area (Å²) in [7, 11) is 0. The number of rotatable bonds is 2. The average Bonchev–Trinajstić information content (AvgIpc) is 2.95. The van der Waals surface area contributed by atoms with E-state index in [4.69, 9.17) is 4.74 Å². The minimum Gasteiger partial charge on any atom is -0.462 e. The van der Waals surface area contributed by atoms with Gasteiger partial charge in [0.15, 0.2) is 5.78 Å². The fourth-order valence-corrected chi connectivity index (χ4v) is 7.53. The van der Waals surface area contributed by atoms with E-state index in [0.717, 1.165) is 38.5 Å². The maximum atomic E-state index is 12.4. The molecule has 0 aromatic heterocycles. The molecule has 0 bridgehead atoms. The van der Waals surface area contributed by atoms with Gasteiger partial charge in [0, 0.05) is 24.7 Å². The Morgan fingerprint density at radius 3 is 2.48 bits per heavy atom. The first-order valence-corrected chi connectivity index (χ1v) is 10.6. The van der Waals surface area contributed by atoms with Gasteiger partial charge in [0.1, 0.15) is 11.9 Å². The lowest BCUT2D eigenvalue weighted by atomic mass is 9.46. The van der Waals surface area contributed by atoms with Gasteiger partial charge < -0.3 is 4.74 Å². The van der Waals surface area contributed by atoms with Crippen LogP contribution >= 0.6 is 0 Å². The van der Waals surface area contributed by atoms with Gasteiger partial charge in [-0.1, -0.05) is 19.4 Å². The van der Waals surface area contributed by atoms with Crippen LogP contribution in [0.3, 0.4) is 0 Å². The van der Waals surface area contributed by atoms with E-state index < -0.39 is 0 Å². The Morgan fingerprint density at radius 1 is 1.07 bits per heavy atom. The molecule has 27 heavy (non-hydrogen) atoms. The molecule has 0 aliphatic heterocycles. The Morgan fingerprint density at radius 2 is 1.81 bits per heavy atom. The van der Waals surface area contributed by atoms with E-state index in [1.807, 2.05) is 6.08 Å². The van der Waals surface area contributed by atoms with E-state index in [1.54, 1.807) is 6.92 Å². The number of carbonyl (C=O) groups is 3. The third kappa shape index (κ3) is 2.66. The number of hydrogen-bond acceptors (Lipinski definition) is 4. The Labute approximate surface area is 162 Å². The van der Waals surface area contributed by atoms with Gasteiger partial charge in [-0.2, -0.15) is 0 Å². The Bertz CT molecular complexity index is 722. The summed E-state index contributed by atoms with van der Waals surface area (Å²) in [5.41, 5.74) is 1.09. The van der Waals surface area contributed by atoms with Crippen LogP contribution in [0.2, 0.25) is 0 Å². The molecule has 0 heterocycles. The van der Waals surface area contributed by atoms with Crippen LogP contribution in [0.1, 0.15) is 72.6 Å². The molecule has 4 aliphatic rings. The van der Waals surface area contributed by atoms with Crippen molar-refractivity contribution in [1.82, 2.24) is 0 Å². The predicted octanol–water partition coefficient (Wildman–Crippen LogP) is 4.27. The Kier molecular flexibility index (Phi) is 4.40. The van der Waals surface area contributed by atoms with Crippen LogP contribution in [-0.2, 0) is 19.1 Å². The van der Waals surface area contributed by atoms with Crippen LogP contribution in [0.15, 0.2) is 11.6 Å². The lowest BCUT2D eigenvalue weighted by molar-refractivity contribution is -0.180. The third-order valence-electron chi connectivity index (χ3n) is 8.84. The molecule has 0 radical (unpaired) electrons. The van der Waals surface area contributed by atoms with E-state index in [2.05, 4.69) is 13.8 Å². The highest BCUT2D eigenvalue weighted by molar-refractivity contribution is 5.91. The molecule has 148 valence electrons. The molecular formula is C23H32O4. The molecule has 0 spiro atoms. The largest absolute Gasteiger partial charge is 0.462 e. The van der Waals surface area contributed by atoms with Crippen molar-refractivity contribution in [2.45, 2.75) is 78.7 Å². The fourth-order valence-electron chi connectivity index (χ4n) is 7.53. The summed E-state index contributed by atoms with van der Waals surface area (Å²) >= 11 is 0. The summed E-state index contributed by atoms with van der Waals surface area (Å²) < 4.78 is 5.91. The zero-order chi connectivity index (χ0) is 19.6. The van der Waals surface area contributed by atoms with E-state index >= 15 is 0 Å². The molecule has 4 aliphatic carbocycles. The van der Waals surface area contributed by atoms with Crippen molar-refractivity contribution in [2.24, 2.45) is 34.5 Å². The second-order valence-corrected chi connectivity index (χ2v) is 9.91. The molecule has 4 heteroatoms. The van der Waals surface area contributed by atoms with Crippen molar-refractivity contribution in [3.63, 3.8) is 0 Å². The van der Waals surface area contributed by atoms with Crippen LogP contribution in [0, 0.1) is 34.5 Å². The molecule has 3 fully saturated rings. The summed E-state index contributed by atoms with van der Waals surface area (Å²) in [6.45, 7) is 7.71. The number of ether oxygens (including phenoxy) is 1. The second-order valence-electron chi connectivity index (χ2n) is 9.91. The number of allylic oxidation sites excluding steroid dienone is 1. The van der Waals surface area contributed by atoms with Crippen molar-refractivity contribution in [3.8, 4) is 0 Å². The zero-order valence-corrected chi connectivity index (χ0v) is 17.0. The zero-order valence-electron chi connectivity index (χ0n) is 17.0. The number of esters is 1. The first-order valence-electron chi connectivity index (χ1n) is 10.6. The first-order chi connectivity index (χ1) is 12.7. The highest BCUT2D eigenvalue weighted by atomic mass is 16.5. The van der Waals surface area contributed by atoms with Gasteiger partial charge in [-0.05, 0) is 74.7 Å². The van der Waals surface area contributed by atoms with Crippen molar-refractivity contribution in [3.05, 3.63) is 11.6 Å². The molecule has 4 rings (SSSR count). The Balaban J connectivity index is 1.75. The maximum absolute atomic E-state index is 12.4. The van der Waals surface area contributed by atoms with Crippen molar-refractivity contribution in [1.29, 1.82) is 0 Å². The molecule has 0 saturated heterocycles. The van der Waals surface area contributed by atoms with Crippen molar-refractivity contribution < 1.29 is 19.1 Å². The molecule has 7 unspecified atom stereocenters. The van der Waals surface area contributed by atoms with Crippen LogP contribution in [-0.4, -0.2) is 23.6 Å². The van der Waals surface area contributed by atoms with Gasteiger partial charge in [0.25, 0.3) is 0 Å². The minimum absolute atomic E-state index is 0.00882. The molecule has 7 atom stereocenters. The standard InChI is InChI=1S/C23H32O4/c1-13(24)18-7-8-19-17-6-5-15-11-16(26)9-10-22(15,3)20(17)12-21(23(18,19)4)27-14(2)25/h11,17-21H,5-10,12H2,1-4H3. The quantitative estimate of drug-likeness (QED) is 0.679. The Hall–Kier alpha value is -1.45. The lowest BCUT2D eigenvalue weighted by Crippen LogP contribution is -2.58. The van der Waals surface area contributed by atoms with Gasteiger partial charge >= 0.3 is 5.97 Å². The summed E-state index contributed by atoms with van der Waals surface area (Å²) in [6.07, 6.45) is 8.11. The minimum atomic E-state index is -0.249. The van der Waals surface area contributed by atoms with E-state index in [-0.39, 0.29) is 40.4 Å². The number of ketones is 2. The summed E-state index contributed by atoms with van der Waals surface area (Å²) in [6, 6.07) is 0. The smallest absolute Gasteiger partial charge is 0.302 e. The SMILES string of the molecule is CC(=O)OC1CC2C(CCC3=CC(=O)CCC32C)C2CCC(C(C)=O)C12C. The summed E-state index contributed by atoms with van der Waals surface area (Å²) in [4.78, 5) is 36.4. The maximum Gasteiger partial charge on any atom is 0.302 e. The van der Waals surface area contributed by atoms with Crippen LogP contribution in [0.4, 0.5) is 0 Å². The molecule has 0 N–H and O–H groups in total. The number of carbonyl (C=O) groups excluding carboxylic acids is 3. The van der Waals surface area contributed by atoms with Gasteiger partial charge in [0.05, 0.1) is 0 Å². The molecule has 0 amide bonds. The van der Waals surface area contributed by atoms with E-state index in [1.165, 1.54) is 12.5 Å².